The average Bonchev–Trinajstić information content (AvgIpc) is 2.38. The highest BCUT2D eigenvalue weighted by molar-refractivity contribution is 7.80. The third kappa shape index (κ3) is 3.81. The zero-order valence-corrected chi connectivity index (χ0v) is 13.2. The lowest BCUT2D eigenvalue weighted by Crippen LogP contribution is -2.55. The molecule has 6 heteroatoms. The number of anilines is 1. The number of nitrogens with zero attached hydrogens (tertiary/aromatic N) is 1. The molecule has 0 saturated carbocycles. The van der Waals surface area contributed by atoms with Crippen LogP contribution in [0.1, 0.15) is 33.1 Å². The first-order chi connectivity index (χ1) is 9.47. The summed E-state index contributed by atoms with van der Waals surface area (Å²) in [5.41, 5.74) is 3.78. The first kappa shape index (κ1) is 15.5. The van der Waals surface area contributed by atoms with Gasteiger partial charge in [-0.2, -0.15) is 0 Å². The minimum atomic E-state index is -0.459. The topological polar surface area (TPSA) is 27.3 Å². The molecule has 1 heterocycles. The van der Waals surface area contributed by atoms with Crippen LogP contribution in [0, 0.1) is 5.82 Å². The summed E-state index contributed by atoms with van der Waals surface area (Å²) in [6.07, 6.45) is 3.54. The van der Waals surface area contributed by atoms with Crippen LogP contribution in [0.25, 0.3) is 0 Å². The van der Waals surface area contributed by atoms with Gasteiger partial charge in [0.05, 0.1) is 5.02 Å². The SMILES string of the molecule is CC1CCCC(C)N1NC(=S)Nc1ccc(Cl)c(F)c1. The predicted octanol–water partition coefficient (Wildman–Crippen LogP) is 3.94. The van der Waals surface area contributed by atoms with Crippen LogP contribution in [0.4, 0.5) is 10.1 Å². The summed E-state index contributed by atoms with van der Waals surface area (Å²) in [5, 5.41) is 5.71. The Balaban J connectivity index is 1.96. The number of benzene rings is 1. The lowest BCUT2D eigenvalue weighted by atomic mass is 10.00. The van der Waals surface area contributed by atoms with Crippen LogP contribution in [0.2, 0.25) is 5.02 Å². The van der Waals surface area contributed by atoms with Gasteiger partial charge >= 0.3 is 0 Å². The van der Waals surface area contributed by atoms with Crippen LogP contribution < -0.4 is 10.7 Å². The van der Waals surface area contributed by atoms with Gasteiger partial charge in [0, 0.05) is 17.8 Å². The van der Waals surface area contributed by atoms with Crippen molar-refractivity contribution in [2.75, 3.05) is 5.32 Å². The number of rotatable bonds is 2. The summed E-state index contributed by atoms with van der Waals surface area (Å²) in [6.45, 7) is 4.35. The smallest absolute Gasteiger partial charge is 0.185 e. The van der Waals surface area contributed by atoms with Gasteiger partial charge in [-0.05, 0) is 57.1 Å². The highest BCUT2D eigenvalue weighted by atomic mass is 35.5. The van der Waals surface area contributed by atoms with Crippen molar-refractivity contribution in [1.29, 1.82) is 0 Å². The number of thiocarbonyl (C=S) groups is 1. The largest absolute Gasteiger partial charge is 0.332 e. The minimum Gasteiger partial charge on any atom is -0.332 e. The molecule has 0 spiro atoms. The number of hydrazine groups is 1. The molecule has 1 saturated heterocycles. The molecule has 2 rings (SSSR count). The quantitative estimate of drug-likeness (QED) is 0.808. The second kappa shape index (κ2) is 6.70. The first-order valence-corrected chi connectivity index (χ1v) is 7.57. The van der Waals surface area contributed by atoms with Gasteiger partial charge in [0.15, 0.2) is 5.11 Å². The van der Waals surface area contributed by atoms with Crippen molar-refractivity contribution in [3.05, 3.63) is 29.0 Å². The molecule has 0 radical (unpaired) electrons. The maximum Gasteiger partial charge on any atom is 0.185 e. The molecular formula is C14H19ClFN3S. The van der Waals surface area contributed by atoms with Crippen molar-refractivity contribution < 1.29 is 4.39 Å². The Morgan fingerprint density at radius 1 is 1.35 bits per heavy atom. The maximum absolute atomic E-state index is 13.4. The molecule has 1 aromatic carbocycles. The van der Waals surface area contributed by atoms with E-state index in [4.69, 9.17) is 23.8 Å². The first-order valence-electron chi connectivity index (χ1n) is 6.78. The Kier molecular flexibility index (Phi) is 5.18. The van der Waals surface area contributed by atoms with Crippen molar-refractivity contribution in [2.24, 2.45) is 0 Å². The van der Waals surface area contributed by atoms with Crippen molar-refractivity contribution in [3.8, 4) is 0 Å². The van der Waals surface area contributed by atoms with Crippen LogP contribution in [0.5, 0.6) is 0 Å². The van der Waals surface area contributed by atoms with Gasteiger partial charge in [-0.15, -0.1) is 0 Å². The number of halogens is 2. The molecule has 20 heavy (non-hydrogen) atoms. The van der Waals surface area contributed by atoms with Crippen LogP contribution in [0.3, 0.4) is 0 Å². The lowest BCUT2D eigenvalue weighted by Gasteiger charge is -2.39. The van der Waals surface area contributed by atoms with Gasteiger partial charge in [-0.25, -0.2) is 9.40 Å². The van der Waals surface area contributed by atoms with E-state index in [0.717, 1.165) is 12.8 Å². The van der Waals surface area contributed by atoms with E-state index in [2.05, 4.69) is 29.6 Å². The van der Waals surface area contributed by atoms with E-state index in [9.17, 15) is 4.39 Å². The fourth-order valence-electron chi connectivity index (χ4n) is 2.49. The second-order valence-corrected chi connectivity index (χ2v) is 6.05. The molecule has 0 aromatic heterocycles. The van der Waals surface area contributed by atoms with Crippen molar-refractivity contribution in [3.63, 3.8) is 0 Å². The third-order valence-corrected chi connectivity index (χ3v) is 4.10. The molecule has 2 atom stereocenters. The monoisotopic (exact) mass is 315 g/mol. The zero-order chi connectivity index (χ0) is 14.7. The molecule has 1 aromatic rings. The predicted molar refractivity (Wildman–Crippen MR) is 85.4 cm³/mol. The summed E-state index contributed by atoms with van der Waals surface area (Å²) in [7, 11) is 0. The molecular weight excluding hydrogens is 297 g/mol. The van der Waals surface area contributed by atoms with Crippen molar-refractivity contribution in [1.82, 2.24) is 10.4 Å². The van der Waals surface area contributed by atoms with Gasteiger partial charge in [0.2, 0.25) is 0 Å². The van der Waals surface area contributed by atoms with Crippen molar-refractivity contribution in [2.45, 2.75) is 45.2 Å². The van der Waals surface area contributed by atoms with Gasteiger partial charge < -0.3 is 5.32 Å². The van der Waals surface area contributed by atoms with E-state index < -0.39 is 5.82 Å². The van der Waals surface area contributed by atoms with Gasteiger partial charge in [0.25, 0.3) is 0 Å². The Morgan fingerprint density at radius 2 is 2.00 bits per heavy atom. The normalized spacial score (nSPS) is 23.4. The highest BCUT2D eigenvalue weighted by Gasteiger charge is 2.25. The number of hydrogen-bond acceptors (Lipinski definition) is 2. The van der Waals surface area contributed by atoms with E-state index in [1.54, 1.807) is 6.07 Å². The fourth-order valence-corrected chi connectivity index (χ4v) is 2.83. The van der Waals surface area contributed by atoms with Crippen LogP contribution in [-0.4, -0.2) is 22.2 Å². The molecule has 110 valence electrons. The Labute approximate surface area is 129 Å². The van der Waals surface area contributed by atoms with Gasteiger partial charge in [0.1, 0.15) is 5.82 Å². The Hall–Kier alpha value is -0.910. The highest BCUT2D eigenvalue weighted by Crippen LogP contribution is 2.21. The average molecular weight is 316 g/mol. The second-order valence-electron chi connectivity index (χ2n) is 5.23. The minimum absolute atomic E-state index is 0.104. The summed E-state index contributed by atoms with van der Waals surface area (Å²) in [4.78, 5) is 0. The molecule has 1 fully saturated rings. The van der Waals surface area contributed by atoms with E-state index in [1.165, 1.54) is 18.6 Å². The number of hydrogen-bond donors (Lipinski definition) is 2. The van der Waals surface area contributed by atoms with E-state index in [0.29, 0.717) is 22.9 Å². The fraction of sp³-hybridized carbons (Fsp3) is 0.500. The molecule has 3 nitrogen and oxygen atoms in total. The van der Waals surface area contributed by atoms with E-state index >= 15 is 0 Å². The van der Waals surface area contributed by atoms with Gasteiger partial charge in [-0.3, -0.25) is 5.43 Å². The maximum atomic E-state index is 13.4. The van der Waals surface area contributed by atoms with Gasteiger partial charge in [-0.1, -0.05) is 18.0 Å². The van der Waals surface area contributed by atoms with Crippen LogP contribution in [-0.2, 0) is 0 Å². The molecule has 0 bridgehead atoms. The zero-order valence-electron chi connectivity index (χ0n) is 11.6. The van der Waals surface area contributed by atoms with E-state index in [1.807, 2.05) is 0 Å². The number of piperidine rings is 1. The molecule has 1 aliphatic heterocycles. The van der Waals surface area contributed by atoms with Crippen molar-refractivity contribution >= 4 is 34.6 Å². The standard InChI is InChI=1S/C14H19ClFN3S/c1-9-4-3-5-10(2)19(9)18-14(20)17-11-6-7-12(15)13(16)8-11/h6-10H,3-5H2,1-2H3,(H2,17,18,20). The summed E-state index contributed by atoms with van der Waals surface area (Å²) in [6, 6.07) is 5.40. The molecule has 1 aliphatic rings. The Bertz CT molecular complexity index is 487. The summed E-state index contributed by atoms with van der Waals surface area (Å²) < 4.78 is 13.4. The molecule has 2 unspecified atom stereocenters. The lowest BCUT2D eigenvalue weighted by molar-refractivity contribution is 0.0750. The number of nitrogens with one attached hydrogen (secondary N) is 2. The molecule has 0 aliphatic carbocycles. The van der Waals surface area contributed by atoms with Crippen LogP contribution in [0.15, 0.2) is 18.2 Å². The summed E-state index contributed by atoms with van der Waals surface area (Å²) in [5.74, 6) is -0.459. The van der Waals surface area contributed by atoms with E-state index in [-0.39, 0.29) is 5.02 Å². The Morgan fingerprint density at radius 3 is 2.60 bits per heavy atom. The van der Waals surface area contributed by atoms with Crippen LogP contribution >= 0.6 is 23.8 Å². The summed E-state index contributed by atoms with van der Waals surface area (Å²) >= 11 is 10.9. The third-order valence-electron chi connectivity index (χ3n) is 3.60. The molecule has 2 N–H and O–H groups in total. The molecule has 0 amide bonds.